The number of hydrogen-bond acceptors (Lipinski definition) is 3. The van der Waals surface area contributed by atoms with E-state index in [4.69, 9.17) is 0 Å². The molecule has 0 unspecified atom stereocenters. The number of rotatable bonds is 1. The largest absolute Gasteiger partial charge is 0.388 e. The molecule has 0 spiro atoms. The fourth-order valence-electron chi connectivity index (χ4n) is 1.72. The van der Waals surface area contributed by atoms with E-state index in [1.54, 1.807) is 4.90 Å². The second kappa shape index (κ2) is 2.69. The molecule has 0 aromatic rings. The van der Waals surface area contributed by atoms with Crippen molar-refractivity contribution in [1.29, 1.82) is 0 Å². The Bertz CT molecular complexity index is 227. The molecule has 2 N–H and O–H groups in total. The number of carbonyl (C=O) groups excluding carboxylic acids is 1. The second-order valence-electron chi connectivity index (χ2n) is 4.41. The van der Waals surface area contributed by atoms with Gasteiger partial charge in [0.25, 0.3) is 0 Å². The molecule has 4 heteroatoms. The summed E-state index contributed by atoms with van der Waals surface area (Å²) >= 11 is 0. The molecule has 1 aliphatic carbocycles. The van der Waals surface area contributed by atoms with Gasteiger partial charge in [-0.05, 0) is 12.8 Å². The van der Waals surface area contributed by atoms with Gasteiger partial charge >= 0.3 is 0 Å². The molecule has 74 valence electrons. The number of nitrogens with zero attached hydrogens (tertiary/aromatic N) is 1. The van der Waals surface area contributed by atoms with Crippen LogP contribution in [0, 0.1) is 5.41 Å². The van der Waals surface area contributed by atoms with E-state index >= 15 is 0 Å². The van der Waals surface area contributed by atoms with Crippen molar-refractivity contribution in [3.8, 4) is 0 Å². The summed E-state index contributed by atoms with van der Waals surface area (Å²) in [6.45, 7) is 2.51. The van der Waals surface area contributed by atoms with Gasteiger partial charge in [0.15, 0.2) is 0 Å². The zero-order chi connectivity index (χ0) is 9.64. The van der Waals surface area contributed by atoms with Crippen molar-refractivity contribution >= 4 is 5.91 Å². The molecule has 2 aliphatic rings. The Morgan fingerprint density at radius 1 is 1.31 bits per heavy atom. The lowest BCUT2D eigenvalue weighted by atomic mass is 10.1. The van der Waals surface area contributed by atoms with Gasteiger partial charge < -0.3 is 15.1 Å². The normalized spacial score (nSPS) is 36.4. The first-order valence-corrected chi connectivity index (χ1v) is 4.68. The molecular formula is C9H15NO3. The molecule has 13 heavy (non-hydrogen) atoms. The highest BCUT2D eigenvalue weighted by Gasteiger charge is 2.49. The lowest BCUT2D eigenvalue weighted by molar-refractivity contribution is -0.135. The Morgan fingerprint density at radius 3 is 2.15 bits per heavy atom. The zero-order valence-electron chi connectivity index (χ0n) is 7.73. The highest BCUT2D eigenvalue weighted by atomic mass is 16.3. The van der Waals surface area contributed by atoms with Crippen LogP contribution in [0.1, 0.15) is 19.8 Å². The van der Waals surface area contributed by atoms with Gasteiger partial charge in [-0.2, -0.15) is 0 Å². The molecule has 2 rings (SSSR count). The van der Waals surface area contributed by atoms with Crippen molar-refractivity contribution in [2.75, 3.05) is 13.1 Å². The molecule has 0 aromatic heterocycles. The van der Waals surface area contributed by atoms with E-state index in [-0.39, 0.29) is 24.4 Å². The van der Waals surface area contributed by atoms with Gasteiger partial charge in [0, 0.05) is 18.5 Å². The van der Waals surface area contributed by atoms with Crippen molar-refractivity contribution in [3.05, 3.63) is 0 Å². The average Bonchev–Trinajstić information content (AvgIpc) is 2.74. The van der Waals surface area contributed by atoms with E-state index in [2.05, 4.69) is 0 Å². The molecule has 1 saturated carbocycles. The molecule has 0 radical (unpaired) electrons. The summed E-state index contributed by atoms with van der Waals surface area (Å²) in [6.07, 6.45) is 0.362. The van der Waals surface area contributed by atoms with E-state index in [9.17, 15) is 15.0 Å². The van der Waals surface area contributed by atoms with Crippen molar-refractivity contribution in [1.82, 2.24) is 4.90 Å². The van der Waals surface area contributed by atoms with Crippen LogP contribution >= 0.6 is 0 Å². The summed E-state index contributed by atoms with van der Waals surface area (Å²) in [5.41, 5.74) is -0.191. The van der Waals surface area contributed by atoms with Crippen LogP contribution in [0.15, 0.2) is 0 Å². The second-order valence-corrected chi connectivity index (χ2v) is 4.41. The van der Waals surface area contributed by atoms with Gasteiger partial charge in [0.1, 0.15) is 0 Å². The first-order valence-electron chi connectivity index (χ1n) is 4.68. The molecule has 1 aliphatic heterocycles. The van der Waals surface area contributed by atoms with Crippen LogP contribution in [0.2, 0.25) is 0 Å². The topological polar surface area (TPSA) is 60.8 Å². The highest BCUT2D eigenvalue weighted by Crippen LogP contribution is 2.46. The maximum Gasteiger partial charge on any atom is 0.228 e. The lowest BCUT2D eigenvalue weighted by Crippen LogP contribution is -2.35. The van der Waals surface area contributed by atoms with Gasteiger partial charge in [0.05, 0.1) is 12.2 Å². The third-order valence-electron chi connectivity index (χ3n) is 3.06. The fraction of sp³-hybridized carbons (Fsp3) is 0.889. The maximum absolute atomic E-state index is 11.7. The molecule has 1 heterocycles. The third-order valence-corrected chi connectivity index (χ3v) is 3.06. The molecule has 2 atom stereocenters. The molecule has 1 amide bonds. The Kier molecular flexibility index (Phi) is 1.85. The summed E-state index contributed by atoms with van der Waals surface area (Å²) in [4.78, 5) is 13.3. The summed E-state index contributed by atoms with van der Waals surface area (Å²) in [6, 6.07) is 0. The number of likely N-dealkylation sites (tertiary alicyclic amines) is 1. The highest BCUT2D eigenvalue weighted by molar-refractivity contribution is 5.85. The van der Waals surface area contributed by atoms with E-state index in [0.717, 1.165) is 12.8 Å². The zero-order valence-corrected chi connectivity index (χ0v) is 7.73. The summed E-state index contributed by atoms with van der Waals surface area (Å²) in [7, 11) is 0. The predicted molar refractivity (Wildman–Crippen MR) is 45.9 cm³/mol. The first-order chi connectivity index (χ1) is 6.03. The molecular weight excluding hydrogens is 170 g/mol. The summed E-state index contributed by atoms with van der Waals surface area (Å²) in [5.74, 6) is 0.0862. The third kappa shape index (κ3) is 1.44. The SMILES string of the molecule is CC1(C(=O)N2C[C@@H](O)[C@@H](O)C2)CC1. The van der Waals surface area contributed by atoms with E-state index in [1.165, 1.54) is 0 Å². The lowest BCUT2D eigenvalue weighted by Gasteiger charge is -2.19. The first kappa shape index (κ1) is 8.97. The number of aliphatic hydroxyl groups is 2. The van der Waals surface area contributed by atoms with Crippen LogP contribution in [-0.4, -0.2) is 46.3 Å². The van der Waals surface area contributed by atoms with Gasteiger partial charge in [-0.1, -0.05) is 6.92 Å². The summed E-state index contributed by atoms with van der Waals surface area (Å²) in [5, 5.41) is 18.5. The molecule has 4 nitrogen and oxygen atoms in total. The van der Waals surface area contributed by atoms with Crippen molar-refractivity contribution < 1.29 is 15.0 Å². The van der Waals surface area contributed by atoms with E-state index in [0.29, 0.717) is 0 Å². The van der Waals surface area contributed by atoms with Crippen molar-refractivity contribution in [3.63, 3.8) is 0 Å². The van der Waals surface area contributed by atoms with Crippen LogP contribution in [-0.2, 0) is 4.79 Å². The minimum atomic E-state index is -0.758. The monoisotopic (exact) mass is 185 g/mol. The van der Waals surface area contributed by atoms with Crippen LogP contribution in [0.25, 0.3) is 0 Å². The Labute approximate surface area is 77.2 Å². The Balaban J connectivity index is 1.99. The van der Waals surface area contributed by atoms with Gasteiger partial charge in [0.2, 0.25) is 5.91 Å². The van der Waals surface area contributed by atoms with Crippen LogP contribution < -0.4 is 0 Å². The number of β-amino-alcohol motifs (C(OH)–C–C–N with tert-alkyl or cyclic N) is 2. The quantitative estimate of drug-likeness (QED) is 0.570. The van der Waals surface area contributed by atoms with Crippen LogP contribution in [0.3, 0.4) is 0 Å². The fourth-order valence-corrected chi connectivity index (χ4v) is 1.72. The minimum absolute atomic E-state index is 0.0862. The van der Waals surface area contributed by atoms with E-state index in [1.807, 2.05) is 6.92 Å². The average molecular weight is 185 g/mol. The van der Waals surface area contributed by atoms with Gasteiger partial charge in [-0.25, -0.2) is 0 Å². The molecule has 0 bridgehead atoms. The van der Waals surface area contributed by atoms with Crippen LogP contribution in [0.4, 0.5) is 0 Å². The van der Waals surface area contributed by atoms with Gasteiger partial charge in [-0.3, -0.25) is 4.79 Å². The number of hydrogen-bond donors (Lipinski definition) is 2. The minimum Gasteiger partial charge on any atom is -0.388 e. The van der Waals surface area contributed by atoms with Crippen molar-refractivity contribution in [2.24, 2.45) is 5.41 Å². The standard InChI is InChI=1S/C9H15NO3/c1-9(2-3-9)8(13)10-4-6(11)7(12)5-10/h6-7,11-12H,2-5H2,1H3/t6-,7+. The smallest absolute Gasteiger partial charge is 0.228 e. The van der Waals surface area contributed by atoms with Crippen molar-refractivity contribution in [2.45, 2.75) is 32.0 Å². The van der Waals surface area contributed by atoms with Crippen LogP contribution in [0.5, 0.6) is 0 Å². The molecule has 2 fully saturated rings. The maximum atomic E-state index is 11.7. The molecule has 0 aromatic carbocycles. The molecule has 1 saturated heterocycles. The number of amides is 1. The predicted octanol–water partition coefficient (Wildman–Crippen LogP) is -0.650. The number of carbonyl (C=O) groups is 1. The van der Waals surface area contributed by atoms with Gasteiger partial charge in [-0.15, -0.1) is 0 Å². The Morgan fingerprint density at radius 2 is 1.77 bits per heavy atom. The van der Waals surface area contributed by atoms with E-state index < -0.39 is 12.2 Å². The Hall–Kier alpha value is -0.610. The number of aliphatic hydroxyl groups excluding tert-OH is 2. The summed E-state index contributed by atoms with van der Waals surface area (Å²) < 4.78 is 0.